The quantitative estimate of drug-likeness (QED) is 0.584. The van der Waals surface area contributed by atoms with Gasteiger partial charge in [0.25, 0.3) is 0 Å². The minimum atomic E-state index is 1.16. The lowest BCUT2D eigenvalue weighted by atomic mass is 10.2. The monoisotopic (exact) mass is 170 g/mol. The molecule has 0 aromatic carbocycles. The summed E-state index contributed by atoms with van der Waals surface area (Å²) in [7, 11) is 0. The van der Waals surface area contributed by atoms with Crippen LogP contribution in [0.15, 0.2) is 23.5 Å². The van der Waals surface area contributed by atoms with Crippen LogP contribution in [0.3, 0.4) is 0 Å². The van der Waals surface area contributed by atoms with Crippen molar-refractivity contribution < 1.29 is 0 Å². The summed E-state index contributed by atoms with van der Waals surface area (Å²) in [5.41, 5.74) is 8.26. The molecule has 1 rings (SSSR count). The fourth-order valence-corrected chi connectivity index (χ4v) is 0.683. The Balaban J connectivity index is 0. The number of hydrogen-bond acceptors (Lipinski definition) is 2. The van der Waals surface area contributed by atoms with Gasteiger partial charge in [-0.2, -0.15) is 0 Å². The molecule has 0 saturated heterocycles. The molecule has 0 aliphatic carbocycles. The van der Waals surface area contributed by atoms with Crippen molar-refractivity contribution in [3.8, 4) is 0 Å². The van der Waals surface area contributed by atoms with Crippen LogP contribution < -0.4 is 10.9 Å². The van der Waals surface area contributed by atoms with Gasteiger partial charge in [-0.15, -0.1) is 0 Å². The summed E-state index contributed by atoms with van der Waals surface area (Å²) < 4.78 is 0. The summed E-state index contributed by atoms with van der Waals surface area (Å²) in [6.45, 7) is 12.1. The second-order valence-corrected chi connectivity index (χ2v) is 1.99. The molecular formula is C10H22N2. The molecule has 0 saturated carbocycles. The molecule has 1 aliphatic heterocycles. The first kappa shape index (κ1) is 13.7. The molecule has 2 heteroatoms. The van der Waals surface area contributed by atoms with Crippen LogP contribution in [0.1, 0.15) is 41.5 Å². The molecule has 0 unspecified atom stereocenters. The molecule has 72 valence electrons. The van der Waals surface area contributed by atoms with Crippen molar-refractivity contribution in [2.24, 2.45) is 0 Å². The van der Waals surface area contributed by atoms with E-state index in [2.05, 4.69) is 23.9 Å². The molecule has 0 aromatic rings. The van der Waals surface area contributed by atoms with Gasteiger partial charge in [-0.05, 0) is 25.5 Å². The van der Waals surface area contributed by atoms with Gasteiger partial charge < -0.3 is 10.9 Å². The fourth-order valence-electron chi connectivity index (χ4n) is 0.683. The van der Waals surface area contributed by atoms with Gasteiger partial charge in [0.2, 0.25) is 0 Å². The minimum absolute atomic E-state index is 1.16. The molecule has 2 N–H and O–H groups in total. The second-order valence-electron chi connectivity index (χ2n) is 1.99. The summed E-state index contributed by atoms with van der Waals surface area (Å²) in [4.78, 5) is 0. The molecule has 1 heterocycles. The molecule has 12 heavy (non-hydrogen) atoms. The molecule has 0 bridgehead atoms. The highest BCUT2D eigenvalue weighted by molar-refractivity contribution is 5.21. The first-order chi connectivity index (χ1) is 5.79. The van der Waals surface area contributed by atoms with Crippen LogP contribution in [0.25, 0.3) is 0 Å². The summed E-state index contributed by atoms with van der Waals surface area (Å²) >= 11 is 0. The van der Waals surface area contributed by atoms with Crippen LogP contribution in [0.2, 0.25) is 0 Å². The molecule has 0 atom stereocenters. The van der Waals surface area contributed by atoms with E-state index in [0.717, 1.165) is 5.70 Å². The number of rotatable bonds is 0. The maximum absolute atomic E-state index is 2.95. The normalized spacial score (nSPS) is 12.8. The lowest BCUT2D eigenvalue weighted by Gasteiger charge is -2.11. The van der Waals surface area contributed by atoms with E-state index >= 15 is 0 Å². The van der Waals surface area contributed by atoms with Crippen LogP contribution in [0.4, 0.5) is 0 Å². The highest BCUT2D eigenvalue weighted by atomic mass is 15.3. The van der Waals surface area contributed by atoms with E-state index in [1.165, 1.54) is 5.57 Å². The van der Waals surface area contributed by atoms with Gasteiger partial charge in [-0.25, -0.2) is 0 Å². The Morgan fingerprint density at radius 3 is 1.75 bits per heavy atom. The zero-order valence-electron chi connectivity index (χ0n) is 9.15. The van der Waals surface area contributed by atoms with Crippen LogP contribution in [-0.4, -0.2) is 0 Å². The van der Waals surface area contributed by atoms with Crippen molar-refractivity contribution in [2.45, 2.75) is 41.5 Å². The smallest absolute Gasteiger partial charge is 0.0286 e. The van der Waals surface area contributed by atoms with E-state index in [4.69, 9.17) is 0 Å². The van der Waals surface area contributed by atoms with Crippen LogP contribution in [-0.2, 0) is 0 Å². The van der Waals surface area contributed by atoms with E-state index in [1.54, 1.807) is 0 Å². The Hall–Kier alpha value is -0.920. The second kappa shape index (κ2) is 10.1. The van der Waals surface area contributed by atoms with Gasteiger partial charge in [0.05, 0.1) is 0 Å². The Morgan fingerprint density at radius 1 is 1.00 bits per heavy atom. The van der Waals surface area contributed by atoms with Crippen molar-refractivity contribution in [1.29, 1.82) is 0 Å². The standard InChI is InChI=1S/C6H10N2.2C2H6/c1-5-3-6(2)8-7-4-5;2*1-2/h3-4,7-8H,1-2H3;2*1-2H3. The maximum Gasteiger partial charge on any atom is 0.0286 e. The summed E-state index contributed by atoms with van der Waals surface area (Å²) in [6, 6.07) is 0. The van der Waals surface area contributed by atoms with Crippen LogP contribution in [0.5, 0.6) is 0 Å². The van der Waals surface area contributed by atoms with Crippen molar-refractivity contribution in [1.82, 2.24) is 10.9 Å². The van der Waals surface area contributed by atoms with Crippen LogP contribution in [0, 0.1) is 0 Å². The average molecular weight is 170 g/mol. The largest absolute Gasteiger partial charge is 0.308 e. The number of hydrazine groups is 1. The van der Waals surface area contributed by atoms with Gasteiger partial charge in [-0.1, -0.05) is 27.7 Å². The van der Waals surface area contributed by atoms with Crippen LogP contribution >= 0.6 is 0 Å². The van der Waals surface area contributed by atoms with Crippen molar-refractivity contribution in [3.63, 3.8) is 0 Å². The van der Waals surface area contributed by atoms with Gasteiger partial charge >= 0.3 is 0 Å². The van der Waals surface area contributed by atoms with E-state index in [-0.39, 0.29) is 0 Å². The Morgan fingerprint density at radius 2 is 1.50 bits per heavy atom. The number of nitrogens with one attached hydrogen (secondary N) is 2. The molecule has 0 fully saturated rings. The van der Waals surface area contributed by atoms with Crippen molar-refractivity contribution in [2.75, 3.05) is 0 Å². The maximum atomic E-state index is 2.95. The van der Waals surface area contributed by atoms with E-state index in [0.29, 0.717) is 0 Å². The van der Waals surface area contributed by atoms with Gasteiger partial charge in [-0.3, -0.25) is 0 Å². The SMILES string of the molecule is CC.CC.CC1=CNNC(C)=C1. The molecule has 0 aromatic heterocycles. The predicted molar refractivity (Wildman–Crippen MR) is 56.5 cm³/mol. The molecule has 2 nitrogen and oxygen atoms in total. The Kier molecular flexibility index (Phi) is 11.5. The molecule has 1 aliphatic rings. The minimum Gasteiger partial charge on any atom is -0.308 e. The summed E-state index contributed by atoms with van der Waals surface area (Å²) in [5.74, 6) is 0. The average Bonchev–Trinajstić information content (AvgIpc) is 2.11. The van der Waals surface area contributed by atoms with E-state index < -0.39 is 0 Å². The summed E-state index contributed by atoms with van der Waals surface area (Å²) in [5, 5.41) is 0. The number of allylic oxidation sites excluding steroid dienone is 3. The molecule has 0 amide bonds. The third-order valence-corrected chi connectivity index (χ3v) is 1.01. The third-order valence-electron chi connectivity index (χ3n) is 1.01. The lowest BCUT2D eigenvalue weighted by Crippen LogP contribution is -2.27. The number of hydrogen-bond donors (Lipinski definition) is 2. The van der Waals surface area contributed by atoms with E-state index in [9.17, 15) is 0 Å². The highest BCUT2D eigenvalue weighted by Crippen LogP contribution is 1.99. The fraction of sp³-hybridized carbons (Fsp3) is 0.600. The Labute approximate surface area is 76.7 Å². The van der Waals surface area contributed by atoms with Crippen molar-refractivity contribution >= 4 is 0 Å². The first-order valence-electron chi connectivity index (χ1n) is 4.65. The van der Waals surface area contributed by atoms with Gasteiger partial charge in [0.15, 0.2) is 0 Å². The zero-order valence-corrected chi connectivity index (χ0v) is 9.15. The van der Waals surface area contributed by atoms with Gasteiger partial charge in [0.1, 0.15) is 0 Å². The third kappa shape index (κ3) is 7.19. The molecule has 0 spiro atoms. The zero-order chi connectivity index (χ0) is 9.98. The van der Waals surface area contributed by atoms with Crippen molar-refractivity contribution in [3.05, 3.63) is 23.5 Å². The van der Waals surface area contributed by atoms with E-state index in [1.807, 2.05) is 40.8 Å². The first-order valence-corrected chi connectivity index (χ1v) is 4.65. The lowest BCUT2D eigenvalue weighted by molar-refractivity contribution is 0.711. The highest BCUT2D eigenvalue weighted by Gasteiger charge is 1.91. The molecular weight excluding hydrogens is 148 g/mol. The topological polar surface area (TPSA) is 24.1 Å². The molecule has 0 radical (unpaired) electrons. The Bertz CT molecular complexity index is 146. The predicted octanol–water partition coefficient (Wildman–Crippen LogP) is 2.95. The summed E-state index contributed by atoms with van der Waals surface area (Å²) in [6.07, 6.45) is 4.00. The van der Waals surface area contributed by atoms with Gasteiger partial charge in [0, 0.05) is 11.9 Å².